The number of piperidine rings is 1. The highest BCUT2D eigenvalue weighted by atomic mass is 32.1. The summed E-state index contributed by atoms with van der Waals surface area (Å²) < 4.78 is 1.22. The van der Waals surface area contributed by atoms with Gasteiger partial charge in [0.05, 0.1) is 16.1 Å². The predicted molar refractivity (Wildman–Crippen MR) is 83.1 cm³/mol. The largest absolute Gasteiger partial charge is 0.369 e. The average molecular weight is 289 g/mol. The van der Waals surface area contributed by atoms with Crippen LogP contribution in [0.25, 0.3) is 10.2 Å². The summed E-state index contributed by atoms with van der Waals surface area (Å²) in [5.74, 6) is -0.231. The second-order valence-electron chi connectivity index (χ2n) is 5.34. The van der Waals surface area contributed by atoms with Crippen molar-refractivity contribution in [3.8, 4) is 0 Å². The molecule has 1 amide bonds. The van der Waals surface area contributed by atoms with Crippen molar-refractivity contribution in [1.29, 1.82) is 0 Å². The first kappa shape index (κ1) is 13.4. The number of benzene rings is 1. The molecule has 2 heterocycles. The molecule has 1 aliphatic heterocycles. The Labute approximate surface area is 122 Å². The van der Waals surface area contributed by atoms with Crippen molar-refractivity contribution in [3.05, 3.63) is 23.8 Å². The van der Waals surface area contributed by atoms with Crippen LogP contribution >= 0.6 is 11.3 Å². The van der Waals surface area contributed by atoms with Gasteiger partial charge in [-0.1, -0.05) is 24.3 Å². The van der Waals surface area contributed by atoms with E-state index in [0.717, 1.165) is 36.5 Å². The zero-order valence-corrected chi connectivity index (χ0v) is 12.4. The van der Waals surface area contributed by atoms with Crippen LogP contribution in [0.15, 0.2) is 18.2 Å². The Bertz CT molecular complexity index is 637. The minimum Gasteiger partial charge on any atom is -0.369 e. The number of thiazole rings is 1. The van der Waals surface area contributed by atoms with E-state index in [1.165, 1.54) is 10.3 Å². The van der Waals surface area contributed by atoms with Crippen LogP contribution in [-0.4, -0.2) is 24.0 Å². The van der Waals surface area contributed by atoms with Crippen molar-refractivity contribution in [1.82, 2.24) is 4.98 Å². The normalized spacial score (nSPS) is 19.4. The minimum atomic E-state index is -0.191. The molecule has 4 nitrogen and oxygen atoms in total. The van der Waals surface area contributed by atoms with Crippen molar-refractivity contribution in [2.24, 2.45) is 11.7 Å². The smallest absolute Gasteiger partial charge is 0.222 e. The fourth-order valence-electron chi connectivity index (χ4n) is 2.70. The van der Waals surface area contributed by atoms with Crippen LogP contribution in [0, 0.1) is 5.92 Å². The topological polar surface area (TPSA) is 59.2 Å². The van der Waals surface area contributed by atoms with E-state index in [-0.39, 0.29) is 11.8 Å². The maximum absolute atomic E-state index is 11.4. The van der Waals surface area contributed by atoms with Crippen LogP contribution in [0.1, 0.15) is 25.3 Å². The molecule has 2 aromatic rings. The Morgan fingerprint density at radius 2 is 2.40 bits per heavy atom. The number of aryl methyl sites for hydroxylation is 1. The van der Waals surface area contributed by atoms with E-state index in [2.05, 4.69) is 30.0 Å². The van der Waals surface area contributed by atoms with Crippen molar-refractivity contribution in [2.45, 2.75) is 26.2 Å². The Kier molecular flexibility index (Phi) is 3.61. The first-order chi connectivity index (χ1) is 9.67. The number of nitrogens with zero attached hydrogens (tertiary/aromatic N) is 2. The standard InChI is InChI=1S/C15H19N3OS/c1-2-10-5-6-12-13(8-10)20-15(17-12)18-7-3-4-11(9-18)14(16)19/h5-6,8,11H,2-4,7,9H2,1H3,(H2,16,19). The SMILES string of the molecule is CCc1ccc2nc(N3CCCC(C(N)=O)C3)sc2c1. The van der Waals surface area contributed by atoms with Crippen LogP contribution in [0.4, 0.5) is 5.13 Å². The summed E-state index contributed by atoms with van der Waals surface area (Å²) in [6.07, 6.45) is 2.94. The quantitative estimate of drug-likeness (QED) is 0.944. The molecule has 1 aromatic carbocycles. The molecule has 0 spiro atoms. The molecular formula is C15H19N3OS. The van der Waals surface area contributed by atoms with Gasteiger partial charge in [-0.25, -0.2) is 4.98 Å². The summed E-state index contributed by atoms with van der Waals surface area (Å²) in [4.78, 5) is 18.3. The number of hydrogen-bond acceptors (Lipinski definition) is 4. The van der Waals surface area contributed by atoms with Gasteiger partial charge in [-0.15, -0.1) is 0 Å². The minimum absolute atomic E-state index is 0.0398. The summed E-state index contributed by atoms with van der Waals surface area (Å²) in [7, 11) is 0. The lowest BCUT2D eigenvalue weighted by molar-refractivity contribution is -0.122. The summed E-state index contributed by atoms with van der Waals surface area (Å²) in [6, 6.07) is 6.43. The van der Waals surface area contributed by atoms with E-state index in [1.54, 1.807) is 11.3 Å². The lowest BCUT2D eigenvalue weighted by atomic mass is 9.98. The number of hydrogen-bond donors (Lipinski definition) is 1. The van der Waals surface area contributed by atoms with E-state index in [0.29, 0.717) is 6.54 Å². The number of rotatable bonds is 3. The molecule has 1 atom stereocenters. The van der Waals surface area contributed by atoms with Gasteiger partial charge in [0, 0.05) is 13.1 Å². The number of carbonyl (C=O) groups is 1. The van der Waals surface area contributed by atoms with Crippen LogP contribution in [0.3, 0.4) is 0 Å². The molecule has 20 heavy (non-hydrogen) atoms. The Morgan fingerprint density at radius 1 is 1.55 bits per heavy atom. The Balaban J connectivity index is 1.88. The summed E-state index contributed by atoms with van der Waals surface area (Å²) >= 11 is 1.71. The molecule has 1 unspecified atom stereocenters. The molecule has 0 saturated carbocycles. The van der Waals surface area contributed by atoms with E-state index in [9.17, 15) is 4.79 Å². The third-order valence-corrected chi connectivity index (χ3v) is 5.02. The van der Waals surface area contributed by atoms with Crippen molar-refractivity contribution in [2.75, 3.05) is 18.0 Å². The summed E-state index contributed by atoms with van der Waals surface area (Å²) in [6.45, 7) is 3.82. The third kappa shape index (κ3) is 2.50. The number of primary amides is 1. The molecule has 1 aliphatic rings. The maximum Gasteiger partial charge on any atom is 0.222 e. The summed E-state index contributed by atoms with van der Waals surface area (Å²) in [5.41, 5.74) is 7.82. The van der Waals surface area contributed by atoms with Gasteiger partial charge in [0.15, 0.2) is 5.13 Å². The van der Waals surface area contributed by atoms with Crippen molar-refractivity contribution >= 4 is 32.6 Å². The van der Waals surface area contributed by atoms with Gasteiger partial charge in [0.25, 0.3) is 0 Å². The highest BCUT2D eigenvalue weighted by Crippen LogP contribution is 2.32. The van der Waals surface area contributed by atoms with Gasteiger partial charge in [-0.05, 0) is 37.0 Å². The van der Waals surface area contributed by atoms with Crippen molar-refractivity contribution < 1.29 is 4.79 Å². The zero-order valence-electron chi connectivity index (χ0n) is 11.6. The van der Waals surface area contributed by atoms with Crippen molar-refractivity contribution in [3.63, 3.8) is 0 Å². The lowest BCUT2D eigenvalue weighted by Crippen LogP contribution is -2.41. The fraction of sp³-hybridized carbons (Fsp3) is 0.467. The summed E-state index contributed by atoms with van der Waals surface area (Å²) in [5, 5.41) is 1.01. The van der Waals surface area contributed by atoms with Crippen LogP contribution in [0.2, 0.25) is 0 Å². The van der Waals surface area contributed by atoms with Gasteiger partial charge in [-0.2, -0.15) is 0 Å². The third-order valence-electron chi connectivity index (χ3n) is 3.94. The van der Waals surface area contributed by atoms with Gasteiger partial charge < -0.3 is 10.6 Å². The number of fused-ring (bicyclic) bond motifs is 1. The number of carbonyl (C=O) groups excluding carboxylic acids is 1. The van der Waals surface area contributed by atoms with Gasteiger partial charge in [0.2, 0.25) is 5.91 Å². The van der Waals surface area contributed by atoms with Crippen LogP contribution in [-0.2, 0) is 11.2 Å². The lowest BCUT2D eigenvalue weighted by Gasteiger charge is -2.30. The zero-order chi connectivity index (χ0) is 14.1. The average Bonchev–Trinajstić information content (AvgIpc) is 2.90. The molecule has 2 N–H and O–H groups in total. The van der Waals surface area contributed by atoms with E-state index < -0.39 is 0 Å². The number of amides is 1. The van der Waals surface area contributed by atoms with Gasteiger partial charge in [-0.3, -0.25) is 4.79 Å². The maximum atomic E-state index is 11.4. The molecular weight excluding hydrogens is 270 g/mol. The highest BCUT2D eigenvalue weighted by molar-refractivity contribution is 7.22. The molecule has 1 aromatic heterocycles. The Morgan fingerprint density at radius 3 is 3.15 bits per heavy atom. The van der Waals surface area contributed by atoms with E-state index in [4.69, 9.17) is 10.7 Å². The number of nitrogens with two attached hydrogens (primary N) is 1. The molecule has 5 heteroatoms. The van der Waals surface area contributed by atoms with E-state index >= 15 is 0 Å². The van der Waals surface area contributed by atoms with Crippen LogP contribution in [0.5, 0.6) is 0 Å². The van der Waals surface area contributed by atoms with Gasteiger partial charge in [0.1, 0.15) is 0 Å². The molecule has 1 fully saturated rings. The molecule has 0 aliphatic carbocycles. The number of anilines is 1. The highest BCUT2D eigenvalue weighted by Gasteiger charge is 2.25. The predicted octanol–water partition coefficient (Wildman–Crippen LogP) is 2.56. The molecule has 106 valence electrons. The molecule has 3 rings (SSSR count). The first-order valence-electron chi connectivity index (χ1n) is 7.11. The molecule has 0 radical (unpaired) electrons. The number of aromatic nitrogens is 1. The van der Waals surface area contributed by atoms with Crippen LogP contribution < -0.4 is 10.6 Å². The molecule has 1 saturated heterocycles. The first-order valence-corrected chi connectivity index (χ1v) is 7.92. The van der Waals surface area contributed by atoms with Gasteiger partial charge >= 0.3 is 0 Å². The fourth-order valence-corrected chi connectivity index (χ4v) is 3.76. The second kappa shape index (κ2) is 5.40. The monoisotopic (exact) mass is 289 g/mol. The Hall–Kier alpha value is -1.62. The second-order valence-corrected chi connectivity index (χ2v) is 6.35. The molecule has 0 bridgehead atoms. The van der Waals surface area contributed by atoms with E-state index in [1.807, 2.05) is 0 Å².